The summed E-state index contributed by atoms with van der Waals surface area (Å²) in [5.41, 5.74) is 6.43. The van der Waals surface area contributed by atoms with Crippen molar-refractivity contribution in [1.29, 1.82) is 0 Å². The van der Waals surface area contributed by atoms with Gasteiger partial charge in [-0.25, -0.2) is 0 Å². The van der Waals surface area contributed by atoms with Crippen LogP contribution >= 0.6 is 0 Å². The van der Waals surface area contributed by atoms with E-state index < -0.39 is 11.1 Å². The normalized spacial score (nSPS) is 17.7. The molecule has 1 aliphatic heterocycles. The second kappa shape index (κ2) is 11.1. The fourth-order valence-electron chi connectivity index (χ4n) is 6.80. The van der Waals surface area contributed by atoms with Gasteiger partial charge >= 0.3 is 11.1 Å². The van der Waals surface area contributed by atoms with Crippen molar-refractivity contribution in [2.45, 2.75) is 38.3 Å². The van der Waals surface area contributed by atoms with Gasteiger partial charge < -0.3 is 14.8 Å². The first-order chi connectivity index (χ1) is 20.5. The van der Waals surface area contributed by atoms with Crippen LogP contribution in [-0.2, 0) is 13.0 Å². The molecule has 8 nitrogen and oxygen atoms in total. The Morgan fingerprint density at radius 3 is 2.17 bits per heavy atom. The predicted octanol–water partition coefficient (Wildman–Crippen LogP) is 4.52. The number of piperazine rings is 1. The summed E-state index contributed by atoms with van der Waals surface area (Å²) in [4.78, 5) is 31.9. The van der Waals surface area contributed by atoms with Crippen LogP contribution in [0.3, 0.4) is 0 Å². The summed E-state index contributed by atoms with van der Waals surface area (Å²) in [6.45, 7) is 4.90. The van der Waals surface area contributed by atoms with E-state index in [9.17, 15) is 14.8 Å². The highest BCUT2D eigenvalue weighted by molar-refractivity contribution is 5.84. The zero-order valence-corrected chi connectivity index (χ0v) is 23.6. The molecule has 2 aromatic carbocycles. The summed E-state index contributed by atoms with van der Waals surface area (Å²) in [5.74, 6) is 0. The van der Waals surface area contributed by atoms with E-state index in [0.717, 1.165) is 63.3 Å². The molecule has 0 spiro atoms. The minimum atomic E-state index is -0.940. The van der Waals surface area contributed by atoms with Crippen molar-refractivity contribution in [3.05, 3.63) is 140 Å². The number of aromatic nitrogens is 3. The number of H-pyrrole nitrogens is 1. The Morgan fingerprint density at radius 1 is 0.810 bits per heavy atom. The molecule has 0 saturated carbocycles. The van der Waals surface area contributed by atoms with Crippen molar-refractivity contribution in [3.63, 3.8) is 0 Å². The highest BCUT2D eigenvalue weighted by Gasteiger charge is 2.28. The molecule has 1 fully saturated rings. The molecule has 42 heavy (non-hydrogen) atoms. The zero-order valence-electron chi connectivity index (χ0n) is 23.6. The molecule has 1 saturated heterocycles. The van der Waals surface area contributed by atoms with Crippen LogP contribution in [0.2, 0.25) is 0 Å². The first kappa shape index (κ1) is 26.5. The van der Waals surface area contributed by atoms with Crippen molar-refractivity contribution in [2.24, 2.45) is 0 Å². The zero-order chi connectivity index (χ0) is 28.6. The van der Waals surface area contributed by atoms with E-state index >= 15 is 0 Å². The summed E-state index contributed by atoms with van der Waals surface area (Å²) in [6.07, 6.45) is 9.56. The molecule has 0 amide bonds. The number of benzene rings is 2. The highest BCUT2D eigenvalue weighted by atomic mass is 16.5. The van der Waals surface area contributed by atoms with Gasteiger partial charge in [0.25, 0.3) is 0 Å². The van der Waals surface area contributed by atoms with Crippen LogP contribution in [0.25, 0.3) is 11.3 Å². The summed E-state index contributed by atoms with van der Waals surface area (Å²) in [5, 5.41) is 10.5. The smallest absolute Gasteiger partial charge is 0.348 e. The van der Waals surface area contributed by atoms with Gasteiger partial charge in [0.05, 0.1) is 6.04 Å². The molecule has 3 heterocycles. The lowest BCUT2D eigenvalue weighted by Crippen LogP contribution is -2.47. The van der Waals surface area contributed by atoms with Crippen LogP contribution in [-0.4, -0.2) is 55.5 Å². The van der Waals surface area contributed by atoms with Gasteiger partial charge in [0, 0.05) is 62.1 Å². The number of hydrogen-bond acceptors (Lipinski definition) is 5. The van der Waals surface area contributed by atoms with E-state index in [1.54, 1.807) is 0 Å². The molecule has 0 unspecified atom stereocenters. The molecule has 2 aromatic heterocycles. The third-order valence-corrected chi connectivity index (χ3v) is 8.95. The van der Waals surface area contributed by atoms with E-state index in [4.69, 9.17) is 0 Å². The third-order valence-electron chi connectivity index (χ3n) is 8.95. The van der Waals surface area contributed by atoms with Gasteiger partial charge in [0.15, 0.2) is 0 Å². The van der Waals surface area contributed by atoms with Gasteiger partial charge in [0.2, 0.25) is 0 Å². The number of hydrogen-bond donors (Lipinski definition) is 2. The SMILES string of the molecule is O=c1[nH]c2c(n(O)c1=O)C1=C(CCC(n3ccc(CN4CCN(C(c5ccccc5)c5ccccc5)CC4)c3)=C1)CC2. The van der Waals surface area contributed by atoms with Gasteiger partial charge in [-0.2, -0.15) is 0 Å². The summed E-state index contributed by atoms with van der Waals surface area (Å²) >= 11 is 0. The van der Waals surface area contributed by atoms with Gasteiger partial charge in [-0.15, -0.1) is 4.73 Å². The number of nitrogens with one attached hydrogen (secondary N) is 1. The quantitative estimate of drug-likeness (QED) is 0.267. The van der Waals surface area contributed by atoms with Gasteiger partial charge in [-0.1, -0.05) is 66.2 Å². The van der Waals surface area contributed by atoms with Crippen LogP contribution in [0, 0.1) is 0 Å². The second-order valence-electron chi connectivity index (χ2n) is 11.5. The largest absolute Gasteiger partial charge is 0.425 e. The molecule has 4 aromatic rings. The van der Waals surface area contributed by atoms with Crippen molar-refractivity contribution in [3.8, 4) is 0 Å². The molecular formula is C34H35N5O3. The molecule has 0 atom stereocenters. The Balaban J connectivity index is 1.05. The first-order valence-electron chi connectivity index (χ1n) is 14.8. The molecule has 2 aliphatic carbocycles. The van der Waals surface area contributed by atoms with E-state index in [0.29, 0.717) is 22.5 Å². The van der Waals surface area contributed by atoms with Crippen molar-refractivity contribution >= 4 is 11.3 Å². The Kier molecular flexibility index (Phi) is 7.01. The van der Waals surface area contributed by atoms with Crippen molar-refractivity contribution in [1.82, 2.24) is 24.1 Å². The maximum Gasteiger partial charge on any atom is 0.348 e. The number of aromatic amines is 1. The van der Waals surface area contributed by atoms with Crippen LogP contribution in [0.4, 0.5) is 0 Å². The average molecular weight is 562 g/mol. The minimum absolute atomic E-state index is 0.256. The fourth-order valence-corrected chi connectivity index (χ4v) is 6.80. The monoisotopic (exact) mass is 561 g/mol. The molecule has 7 rings (SSSR count). The molecule has 0 radical (unpaired) electrons. The lowest BCUT2D eigenvalue weighted by Gasteiger charge is -2.39. The molecular weight excluding hydrogens is 526 g/mol. The molecule has 2 N–H and O–H groups in total. The number of rotatable bonds is 6. The Morgan fingerprint density at radius 2 is 1.48 bits per heavy atom. The summed E-state index contributed by atoms with van der Waals surface area (Å²) in [6, 6.07) is 24.0. The molecule has 8 heteroatoms. The fraction of sp³-hybridized carbons (Fsp3) is 0.294. The van der Waals surface area contributed by atoms with E-state index in [1.807, 2.05) is 0 Å². The maximum atomic E-state index is 12.2. The standard InChI is InChI=1S/C34H35N5O3/c40-33-34(41)39(42)32-29-21-28(13-11-25(29)12-14-30(32)35-33)38-16-15-24(23-38)22-36-17-19-37(20-18-36)31(26-7-3-1-4-8-26)27-9-5-2-6-10-27/h1-10,15-16,21,23,31,42H,11-14,17-20,22H2,(H,35,40). The summed E-state index contributed by atoms with van der Waals surface area (Å²) < 4.78 is 2.69. The number of fused-ring (bicyclic) bond motifs is 2. The third kappa shape index (κ3) is 4.97. The topological polar surface area (TPSA) is 86.5 Å². The number of allylic oxidation sites excluding steroid dienone is 4. The lowest BCUT2D eigenvalue weighted by atomic mass is 9.85. The van der Waals surface area contributed by atoms with E-state index in [1.165, 1.54) is 22.3 Å². The number of aryl methyl sites for hydroxylation is 1. The Labute approximate surface area is 244 Å². The lowest BCUT2D eigenvalue weighted by molar-refractivity contribution is 0.105. The Hall–Kier alpha value is -4.40. The van der Waals surface area contributed by atoms with Crippen molar-refractivity contribution in [2.75, 3.05) is 26.2 Å². The molecule has 3 aliphatic rings. The molecule has 0 bridgehead atoms. The number of nitrogens with zero attached hydrogens (tertiary/aromatic N) is 4. The van der Waals surface area contributed by atoms with Crippen LogP contribution in [0.5, 0.6) is 0 Å². The van der Waals surface area contributed by atoms with Crippen LogP contribution in [0.15, 0.2) is 100 Å². The minimum Gasteiger partial charge on any atom is -0.425 e. The predicted molar refractivity (Wildman–Crippen MR) is 163 cm³/mol. The maximum absolute atomic E-state index is 12.2. The van der Waals surface area contributed by atoms with Gasteiger partial charge in [-0.3, -0.25) is 19.4 Å². The average Bonchev–Trinajstić information content (AvgIpc) is 3.50. The van der Waals surface area contributed by atoms with Crippen molar-refractivity contribution < 1.29 is 5.21 Å². The highest BCUT2D eigenvalue weighted by Crippen LogP contribution is 2.39. The van der Waals surface area contributed by atoms with E-state index in [2.05, 4.69) is 105 Å². The van der Waals surface area contributed by atoms with E-state index in [-0.39, 0.29) is 6.04 Å². The first-order valence-corrected chi connectivity index (χ1v) is 14.8. The molecule has 214 valence electrons. The van der Waals surface area contributed by atoms with Gasteiger partial charge in [0.1, 0.15) is 5.69 Å². The van der Waals surface area contributed by atoms with Crippen LogP contribution < -0.4 is 11.1 Å². The van der Waals surface area contributed by atoms with Crippen LogP contribution in [0.1, 0.15) is 53.4 Å². The summed E-state index contributed by atoms with van der Waals surface area (Å²) in [7, 11) is 0. The van der Waals surface area contributed by atoms with Gasteiger partial charge in [-0.05, 0) is 54.5 Å². The Bertz CT molecular complexity index is 1730. The second-order valence-corrected chi connectivity index (χ2v) is 11.5.